The second-order valence-corrected chi connectivity index (χ2v) is 6.10. The van der Waals surface area contributed by atoms with Gasteiger partial charge in [0, 0.05) is 12.2 Å². The van der Waals surface area contributed by atoms with Crippen molar-refractivity contribution in [2.75, 3.05) is 99.0 Å². The number of carbonyl (C=O) groups is 1. The molecular weight excluding hydrogens is 408 g/mol. The lowest BCUT2D eigenvalue weighted by molar-refractivity contribution is -0.121. The molecule has 0 unspecified atom stereocenters. The lowest BCUT2D eigenvalue weighted by Crippen LogP contribution is -2.22. The topological polar surface area (TPSA) is 120 Å². The van der Waals surface area contributed by atoms with Crippen LogP contribution < -0.4 is 11.1 Å². The quantitative estimate of drug-likeness (QED) is 0.150. The van der Waals surface area contributed by atoms with E-state index in [0.717, 1.165) is 0 Å². The maximum atomic E-state index is 11.4. The Labute approximate surface area is 186 Å². The van der Waals surface area contributed by atoms with Crippen LogP contribution in [0, 0.1) is 0 Å². The van der Waals surface area contributed by atoms with E-state index in [1.165, 1.54) is 6.08 Å². The molecule has 0 aliphatic heterocycles. The van der Waals surface area contributed by atoms with Gasteiger partial charge in [0.25, 0.3) is 0 Å². The molecule has 3 N–H and O–H groups in total. The van der Waals surface area contributed by atoms with Crippen LogP contribution in [0.1, 0.15) is 6.42 Å². The van der Waals surface area contributed by atoms with Gasteiger partial charge < -0.3 is 44.2 Å². The van der Waals surface area contributed by atoms with Gasteiger partial charge in [0.05, 0.1) is 98.9 Å². The van der Waals surface area contributed by atoms with Crippen LogP contribution in [0.4, 0.5) is 0 Å². The summed E-state index contributed by atoms with van der Waals surface area (Å²) in [5, 5.41) is 2.59. The summed E-state index contributed by atoms with van der Waals surface area (Å²) >= 11 is 0. The largest absolute Gasteiger partial charge is 0.379 e. The Morgan fingerprint density at radius 2 is 0.968 bits per heavy atom. The van der Waals surface area contributed by atoms with Crippen molar-refractivity contribution in [1.82, 2.24) is 5.32 Å². The molecule has 0 fully saturated rings. The van der Waals surface area contributed by atoms with E-state index in [9.17, 15) is 4.79 Å². The molecule has 31 heavy (non-hydrogen) atoms. The Hall–Kier alpha value is -1.37. The zero-order chi connectivity index (χ0) is 22.8. The monoisotopic (exact) mass is 448 g/mol. The Morgan fingerprint density at radius 1 is 0.645 bits per heavy atom. The fourth-order valence-corrected chi connectivity index (χ4v) is 1.96. The molecule has 0 bridgehead atoms. The van der Waals surface area contributed by atoms with Crippen LogP contribution >= 0.6 is 0 Å². The van der Waals surface area contributed by atoms with Gasteiger partial charge in [0.1, 0.15) is 0 Å². The van der Waals surface area contributed by atoms with Crippen molar-refractivity contribution in [3.8, 4) is 0 Å². The average molecular weight is 449 g/mol. The predicted molar refractivity (Wildman–Crippen MR) is 117 cm³/mol. The zero-order valence-corrected chi connectivity index (χ0v) is 18.6. The minimum atomic E-state index is -0.151. The lowest BCUT2D eigenvalue weighted by Gasteiger charge is -2.08. The summed E-state index contributed by atoms with van der Waals surface area (Å²) in [4.78, 5) is 11.4. The van der Waals surface area contributed by atoms with Gasteiger partial charge in [0.15, 0.2) is 0 Å². The molecule has 0 aliphatic carbocycles. The van der Waals surface area contributed by atoms with Gasteiger partial charge in [-0.2, -0.15) is 0 Å². The molecule has 1 amide bonds. The summed E-state index contributed by atoms with van der Waals surface area (Å²) in [6.07, 6.45) is 1.75. The maximum Gasteiger partial charge on any atom is 0.226 e. The molecule has 182 valence electrons. The molecule has 0 saturated carbocycles. The van der Waals surface area contributed by atoms with Crippen molar-refractivity contribution in [3.05, 3.63) is 24.9 Å². The first-order valence-corrected chi connectivity index (χ1v) is 10.6. The number of hydrogen-bond donors (Lipinski definition) is 2. The molecule has 0 aliphatic rings. The van der Waals surface area contributed by atoms with E-state index in [2.05, 4.69) is 18.5 Å². The third kappa shape index (κ3) is 24.8. The fraction of sp³-hybridized carbons (Fsp3) is 0.762. The van der Waals surface area contributed by atoms with Gasteiger partial charge in [-0.1, -0.05) is 13.2 Å². The fourth-order valence-electron chi connectivity index (χ4n) is 1.96. The van der Waals surface area contributed by atoms with Gasteiger partial charge in [-0.3, -0.25) is 4.79 Å². The first kappa shape index (κ1) is 29.6. The van der Waals surface area contributed by atoms with Crippen LogP contribution in [0.2, 0.25) is 0 Å². The maximum absolute atomic E-state index is 11.4. The van der Waals surface area contributed by atoms with Gasteiger partial charge in [0.2, 0.25) is 5.91 Å². The Kier molecular flexibility index (Phi) is 23.8. The van der Waals surface area contributed by atoms with Crippen LogP contribution in [-0.4, -0.2) is 105 Å². The highest BCUT2D eigenvalue weighted by Gasteiger charge is 2.01. The smallest absolute Gasteiger partial charge is 0.226 e. The van der Waals surface area contributed by atoms with E-state index < -0.39 is 0 Å². The summed E-state index contributed by atoms with van der Waals surface area (Å²) in [5.74, 6) is -0.151. The first-order chi connectivity index (χ1) is 15.2. The van der Waals surface area contributed by atoms with E-state index in [0.29, 0.717) is 105 Å². The van der Waals surface area contributed by atoms with Crippen LogP contribution in [0.15, 0.2) is 24.9 Å². The van der Waals surface area contributed by atoms with Gasteiger partial charge in [-0.25, -0.2) is 0 Å². The number of allylic oxidation sites excluding steroid dienone is 1. The van der Waals surface area contributed by atoms with E-state index >= 15 is 0 Å². The van der Waals surface area contributed by atoms with Crippen molar-refractivity contribution >= 4 is 5.91 Å². The molecule has 0 spiro atoms. The summed E-state index contributed by atoms with van der Waals surface area (Å²) in [7, 11) is 0. The molecule has 0 aromatic carbocycles. The predicted octanol–water partition coefficient (Wildman–Crippen LogP) is 0.267. The lowest BCUT2D eigenvalue weighted by atomic mass is 10.4. The van der Waals surface area contributed by atoms with Gasteiger partial charge in [-0.05, 0) is 6.08 Å². The molecule has 0 atom stereocenters. The standard InChI is InChI=1S/C21H40N2O8/c1-3-20(2)23-21(24)4-6-25-8-10-27-12-14-29-16-18-31-19-17-30-15-13-28-11-9-26-7-5-22/h3H,1-2,4-19,22H2,(H,23,24). The molecule has 0 rings (SSSR count). The zero-order valence-electron chi connectivity index (χ0n) is 18.6. The van der Waals surface area contributed by atoms with Crippen molar-refractivity contribution in [2.45, 2.75) is 6.42 Å². The van der Waals surface area contributed by atoms with Crippen molar-refractivity contribution in [3.63, 3.8) is 0 Å². The van der Waals surface area contributed by atoms with E-state index in [1.807, 2.05) is 0 Å². The number of amides is 1. The third-order valence-electron chi connectivity index (χ3n) is 3.51. The van der Waals surface area contributed by atoms with Crippen LogP contribution in [0.5, 0.6) is 0 Å². The van der Waals surface area contributed by atoms with Crippen molar-refractivity contribution in [1.29, 1.82) is 0 Å². The Morgan fingerprint density at radius 3 is 1.29 bits per heavy atom. The average Bonchev–Trinajstić information content (AvgIpc) is 2.77. The second-order valence-electron chi connectivity index (χ2n) is 6.10. The molecule has 10 nitrogen and oxygen atoms in total. The van der Waals surface area contributed by atoms with E-state index in [-0.39, 0.29) is 12.3 Å². The normalized spacial score (nSPS) is 10.9. The minimum Gasteiger partial charge on any atom is -0.379 e. The van der Waals surface area contributed by atoms with Crippen LogP contribution in [-0.2, 0) is 38.0 Å². The summed E-state index contributed by atoms with van der Waals surface area (Å²) < 4.78 is 37.4. The molecule has 0 heterocycles. The first-order valence-electron chi connectivity index (χ1n) is 10.6. The molecule has 0 aromatic heterocycles. The second kappa shape index (κ2) is 24.9. The summed E-state index contributed by atoms with van der Waals surface area (Å²) in [6.45, 7) is 14.5. The van der Waals surface area contributed by atoms with E-state index in [1.54, 1.807) is 0 Å². The molecule has 0 saturated heterocycles. The number of nitrogens with two attached hydrogens (primary N) is 1. The number of rotatable bonds is 25. The SMILES string of the molecule is C=CC(=C)NC(=O)CCOCCOCCOCCOCCOCCOCCOCCN. The Balaban J connectivity index is 3.10. The summed E-state index contributed by atoms with van der Waals surface area (Å²) in [5.41, 5.74) is 5.79. The van der Waals surface area contributed by atoms with Crippen molar-refractivity contribution in [2.24, 2.45) is 5.73 Å². The third-order valence-corrected chi connectivity index (χ3v) is 3.51. The van der Waals surface area contributed by atoms with Gasteiger partial charge >= 0.3 is 0 Å². The number of hydrogen-bond acceptors (Lipinski definition) is 9. The summed E-state index contributed by atoms with van der Waals surface area (Å²) in [6, 6.07) is 0. The number of ether oxygens (including phenoxy) is 7. The highest BCUT2D eigenvalue weighted by atomic mass is 16.6. The number of nitrogens with one attached hydrogen (secondary N) is 1. The molecular formula is C21H40N2O8. The van der Waals surface area contributed by atoms with Crippen LogP contribution in [0.3, 0.4) is 0 Å². The van der Waals surface area contributed by atoms with Gasteiger partial charge in [-0.15, -0.1) is 0 Å². The highest BCUT2D eigenvalue weighted by Crippen LogP contribution is 1.89. The highest BCUT2D eigenvalue weighted by molar-refractivity contribution is 5.78. The van der Waals surface area contributed by atoms with Crippen LogP contribution in [0.25, 0.3) is 0 Å². The minimum absolute atomic E-state index is 0.151. The Bertz CT molecular complexity index is 438. The van der Waals surface area contributed by atoms with E-state index in [4.69, 9.17) is 38.9 Å². The number of carbonyl (C=O) groups excluding carboxylic acids is 1. The molecule has 0 aromatic rings. The molecule has 0 radical (unpaired) electrons. The van der Waals surface area contributed by atoms with Crippen molar-refractivity contribution < 1.29 is 38.0 Å². The molecule has 10 heteroatoms.